The van der Waals surface area contributed by atoms with E-state index in [1.807, 2.05) is 6.07 Å². The average molecular weight is 289 g/mol. The minimum Gasteiger partial charge on any atom is -0.476 e. The number of aromatic nitrogens is 1. The lowest BCUT2D eigenvalue weighted by Crippen LogP contribution is -1.96. The Kier molecular flexibility index (Phi) is 1.95. The molecule has 1 heterocycles. The molecule has 2 aromatic rings. The lowest BCUT2D eigenvalue weighted by atomic mass is 10.2. The fourth-order valence-corrected chi connectivity index (χ4v) is 1.53. The number of carbonyl (C=O) groups is 1. The van der Waals surface area contributed by atoms with E-state index in [1.54, 1.807) is 12.1 Å². The number of aromatic carboxylic acids is 1. The van der Waals surface area contributed by atoms with Gasteiger partial charge in [-0.25, -0.2) is 4.79 Å². The quantitative estimate of drug-likeness (QED) is 0.817. The molecule has 0 unspecified atom stereocenters. The predicted octanol–water partition coefficient (Wildman–Crippen LogP) is 2.13. The van der Waals surface area contributed by atoms with Gasteiger partial charge in [0.25, 0.3) is 0 Å². The molecule has 0 atom stereocenters. The Morgan fingerprint density at radius 1 is 1.54 bits per heavy atom. The maximum absolute atomic E-state index is 10.6. The highest BCUT2D eigenvalue weighted by molar-refractivity contribution is 14.1. The normalized spacial score (nSPS) is 10.5. The van der Waals surface area contributed by atoms with Crippen LogP contribution in [0.1, 0.15) is 10.5 Å². The van der Waals surface area contributed by atoms with Gasteiger partial charge < -0.3 is 9.63 Å². The molecule has 0 spiro atoms. The van der Waals surface area contributed by atoms with E-state index in [9.17, 15) is 4.79 Å². The fourth-order valence-electron chi connectivity index (χ4n) is 1.07. The minimum absolute atomic E-state index is 0.0357. The van der Waals surface area contributed by atoms with Crippen LogP contribution in [-0.2, 0) is 0 Å². The van der Waals surface area contributed by atoms with Gasteiger partial charge in [-0.2, -0.15) is 0 Å². The first-order valence-electron chi connectivity index (χ1n) is 3.47. The Morgan fingerprint density at radius 2 is 2.31 bits per heavy atom. The molecule has 0 bridgehead atoms. The van der Waals surface area contributed by atoms with Crippen molar-refractivity contribution in [2.45, 2.75) is 0 Å². The molecule has 0 aliphatic heterocycles. The third-order valence-corrected chi connectivity index (χ3v) is 2.31. The number of benzene rings is 1. The lowest BCUT2D eigenvalue weighted by molar-refractivity contribution is 0.0688. The van der Waals surface area contributed by atoms with Crippen molar-refractivity contribution >= 4 is 39.5 Å². The molecule has 0 aliphatic rings. The summed E-state index contributed by atoms with van der Waals surface area (Å²) < 4.78 is 5.84. The van der Waals surface area contributed by atoms with Gasteiger partial charge in [0.1, 0.15) is 0 Å². The summed E-state index contributed by atoms with van der Waals surface area (Å²) in [6.07, 6.45) is 0. The van der Waals surface area contributed by atoms with Gasteiger partial charge >= 0.3 is 5.97 Å². The number of halogens is 1. The zero-order valence-electron chi connectivity index (χ0n) is 6.32. The monoisotopic (exact) mass is 289 g/mol. The van der Waals surface area contributed by atoms with Crippen molar-refractivity contribution in [3.05, 3.63) is 27.5 Å². The molecule has 0 saturated carbocycles. The summed E-state index contributed by atoms with van der Waals surface area (Å²) in [7, 11) is 0. The van der Waals surface area contributed by atoms with Crippen LogP contribution in [0.25, 0.3) is 11.0 Å². The van der Waals surface area contributed by atoms with Crippen molar-refractivity contribution in [1.29, 1.82) is 0 Å². The smallest absolute Gasteiger partial charge is 0.358 e. The maximum atomic E-state index is 10.6. The number of hydrogen-bond donors (Lipinski definition) is 1. The van der Waals surface area contributed by atoms with E-state index >= 15 is 0 Å². The van der Waals surface area contributed by atoms with Gasteiger partial charge in [0.15, 0.2) is 11.3 Å². The molecule has 0 amide bonds. The fraction of sp³-hybridized carbons (Fsp3) is 0. The first kappa shape index (κ1) is 8.49. The number of carboxylic acids is 1. The molecule has 0 fully saturated rings. The standard InChI is InChI=1S/C8H4INO3/c9-4-1-2-5-6(3-4)13-10-7(5)8(11)12/h1-3H,(H,11,12). The van der Waals surface area contributed by atoms with Crippen LogP contribution in [0.3, 0.4) is 0 Å². The molecular formula is C8H4INO3. The maximum Gasteiger partial charge on any atom is 0.358 e. The Hall–Kier alpha value is -1.11. The van der Waals surface area contributed by atoms with Gasteiger partial charge in [-0.15, -0.1) is 0 Å². The summed E-state index contributed by atoms with van der Waals surface area (Å²) in [6.45, 7) is 0. The van der Waals surface area contributed by atoms with Crippen molar-refractivity contribution in [1.82, 2.24) is 5.16 Å². The van der Waals surface area contributed by atoms with Gasteiger partial charge in [0, 0.05) is 3.57 Å². The number of fused-ring (bicyclic) bond motifs is 1. The molecule has 13 heavy (non-hydrogen) atoms. The molecule has 0 saturated heterocycles. The van der Waals surface area contributed by atoms with Crippen LogP contribution in [0.4, 0.5) is 0 Å². The molecule has 2 rings (SSSR count). The summed E-state index contributed by atoms with van der Waals surface area (Å²) in [5.74, 6) is -1.07. The van der Waals surface area contributed by atoms with Crippen molar-refractivity contribution in [3.63, 3.8) is 0 Å². The molecule has 1 N–H and O–H groups in total. The Balaban J connectivity index is 2.76. The summed E-state index contributed by atoms with van der Waals surface area (Å²) in [5, 5.41) is 12.7. The largest absolute Gasteiger partial charge is 0.476 e. The van der Waals surface area contributed by atoms with E-state index in [2.05, 4.69) is 27.7 Å². The predicted molar refractivity (Wildman–Crippen MR) is 53.7 cm³/mol. The van der Waals surface area contributed by atoms with Gasteiger partial charge in [-0.05, 0) is 40.8 Å². The van der Waals surface area contributed by atoms with E-state index in [0.29, 0.717) is 11.0 Å². The van der Waals surface area contributed by atoms with Crippen LogP contribution < -0.4 is 0 Å². The number of hydrogen-bond acceptors (Lipinski definition) is 3. The first-order valence-corrected chi connectivity index (χ1v) is 4.54. The minimum atomic E-state index is -1.07. The van der Waals surface area contributed by atoms with Crippen molar-refractivity contribution in [2.75, 3.05) is 0 Å². The second kappa shape index (κ2) is 2.99. The number of rotatable bonds is 1. The van der Waals surface area contributed by atoms with Crippen LogP contribution in [0.15, 0.2) is 22.7 Å². The van der Waals surface area contributed by atoms with Crippen LogP contribution in [0, 0.1) is 3.57 Å². The van der Waals surface area contributed by atoms with Gasteiger partial charge in [0.05, 0.1) is 5.39 Å². The summed E-state index contributed by atoms with van der Waals surface area (Å²) >= 11 is 2.12. The molecule has 1 aromatic heterocycles. The van der Waals surface area contributed by atoms with Crippen molar-refractivity contribution < 1.29 is 14.4 Å². The number of nitrogens with zero attached hydrogens (tertiary/aromatic N) is 1. The topological polar surface area (TPSA) is 63.3 Å². The van der Waals surface area contributed by atoms with E-state index in [0.717, 1.165) is 3.57 Å². The van der Waals surface area contributed by atoms with E-state index < -0.39 is 5.97 Å². The highest BCUT2D eigenvalue weighted by Gasteiger charge is 2.14. The lowest BCUT2D eigenvalue weighted by Gasteiger charge is -1.88. The van der Waals surface area contributed by atoms with E-state index in [1.165, 1.54) is 0 Å². The highest BCUT2D eigenvalue weighted by Crippen LogP contribution is 2.20. The van der Waals surface area contributed by atoms with E-state index in [4.69, 9.17) is 9.63 Å². The summed E-state index contributed by atoms with van der Waals surface area (Å²) in [6, 6.07) is 5.25. The molecule has 0 aliphatic carbocycles. The van der Waals surface area contributed by atoms with Gasteiger partial charge in [-0.3, -0.25) is 0 Å². The van der Waals surface area contributed by atoms with Gasteiger partial charge in [0.2, 0.25) is 0 Å². The molecule has 66 valence electrons. The van der Waals surface area contributed by atoms with Crippen LogP contribution in [0.2, 0.25) is 0 Å². The third kappa shape index (κ3) is 1.39. The Bertz CT molecular complexity index is 477. The highest BCUT2D eigenvalue weighted by atomic mass is 127. The van der Waals surface area contributed by atoms with Crippen LogP contribution in [0.5, 0.6) is 0 Å². The van der Waals surface area contributed by atoms with Crippen molar-refractivity contribution in [2.24, 2.45) is 0 Å². The molecule has 0 radical (unpaired) electrons. The Morgan fingerprint density at radius 3 is 3.00 bits per heavy atom. The van der Waals surface area contributed by atoms with Crippen molar-refractivity contribution in [3.8, 4) is 0 Å². The molecular weight excluding hydrogens is 285 g/mol. The van der Waals surface area contributed by atoms with Gasteiger partial charge in [-0.1, -0.05) is 5.16 Å². The zero-order chi connectivity index (χ0) is 9.42. The SMILES string of the molecule is O=C(O)c1noc2cc(I)ccc12. The molecule has 5 heteroatoms. The van der Waals surface area contributed by atoms with Crippen LogP contribution >= 0.6 is 22.6 Å². The Labute approximate surface area is 86.7 Å². The molecule has 4 nitrogen and oxygen atoms in total. The number of carboxylic acid groups (broad SMARTS) is 1. The average Bonchev–Trinajstić information content (AvgIpc) is 2.46. The zero-order valence-corrected chi connectivity index (χ0v) is 8.48. The second-order valence-electron chi connectivity index (χ2n) is 2.48. The first-order chi connectivity index (χ1) is 6.18. The summed E-state index contributed by atoms with van der Waals surface area (Å²) in [4.78, 5) is 10.6. The molecule has 1 aromatic carbocycles. The third-order valence-electron chi connectivity index (χ3n) is 1.64. The summed E-state index contributed by atoms with van der Waals surface area (Å²) in [5.41, 5.74) is 0.468. The van der Waals surface area contributed by atoms with E-state index in [-0.39, 0.29) is 5.69 Å². The second-order valence-corrected chi connectivity index (χ2v) is 3.72. The van der Waals surface area contributed by atoms with Crippen LogP contribution in [-0.4, -0.2) is 16.2 Å².